The summed E-state index contributed by atoms with van der Waals surface area (Å²) in [6.45, 7) is 4.85. The number of hydrogen-bond acceptors (Lipinski definition) is 3. The Morgan fingerprint density at radius 1 is 1.53 bits per heavy atom. The maximum absolute atomic E-state index is 5.58. The van der Waals surface area contributed by atoms with E-state index in [4.69, 9.17) is 5.73 Å². The third-order valence-corrected chi connectivity index (χ3v) is 3.27. The summed E-state index contributed by atoms with van der Waals surface area (Å²) in [7, 11) is 0. The number of benzene rings is 1. The van der Waals surface area contributed by atoms with Gasteiger partial charge in [0.2, 0.25) is 0 Å². The number of nitrogens with two attached hydrogens (primary N) is 1. The van der Waals surface area contributed by atoms with Crippen LogP contribution >= 0.6 is 11.8 Å². The lowest BCUT2D eigenvalue weighted by Crippen LogP contribution is -2.12. The summed E-state index contributed by atoms with van der Waals surface area (Å²) >= 11 is 1.68. The van der Waals surface area contributed by atoms with Gasteiger partial charge in [-0.15, -0.1) is 0 Å². The Morgan fingerprint density at radius 2 is 2.33 bits per heavy atom. The second-order valence-corrected chi connectivity index (χ2v) is 5.15. The predicted octanol–water partition coefficient (Wildman–Crippen LogP) is 2.31. The molecule has 2 rings (SSSR count). The monoisotopic (exact) mass is 221 g/mol. The summed E-state index contributed by atoms with van der Waals surface area (Å²) in [5.74, 6) is 0. The van der Waals surface area contributed by atoms with E-state index in [9.17, 15) is 0 Å². The Bertz CT molecular complexity index is 464. The van der Waals surface area contributed by atoms with E-state index in [0.29, 0.717) is 11.8 Å². The van der Waals surface area contributed by atoms with Gasteiger partial charge in [-0.1, -0.05) is 24.8 Å². The van der Waals surface area contributed by atoms with Crippen molar-refractivity contribution in [1.82, 2.24) is 9.97 Å². The Hall–Kier alpha value is -1.00. The second-order valence-electron chi connectivity index (χ2n) is 3.73. The zero-order valence-electron chi connectivity index (χ0n) is 8.95. The van der Waals surface area contributed by atoms with Gasteiger partial charge in [-0.05, 0) is 24.6 Å². The average molecular weight is 221 g/mol. The van der Waals surface area contributed by atoms with Gasteiger partial charge in [0.15, 0.2) is 5.16 Å². The molecule has 1 unspecified atom stereocenters. The number of aromatic amines is 1. The van der Waals surface area contributed by atoms with Crippen LogP contribution < -0.4 is 5.73 Å². The number of H-pyrrole nitrogens is 1. The highest BCUT2D eigenvalue weighted by molar-refractivity contribution is 7.99. The van der Waals surface area contributed by atoms with E-state index < -0.39 is 0 Å². The van der Waals surface area contributed by atoms with Crippen molar-refractivity contribution in [3.8, 4) is 0 Å². The number of nitrogens with zero attached hydrogens (tertiary/aromatic N) is 1. The maximum Gasteiger partial charge on any atom is 0.166 e. The first-order valence-corrected chi connectivity index (χ1v) is 5.90. The SMILES string of the molecule is Cc1ccc2nc(SC(C)CN)[nH]c2c1. The molecule has 0 aliphatic heterocycles. The molecule has 1 atom stereocenters. The highest BCUT2D eigenvalue weighted by Crippen LogP contribution is 2.23. The molecule has 0 aliphatic carbocycles. The van der Waals surface area contributed by atoms with Gasteiger partial charge in [0, 0.05) is 11.8 Å². The molecule has 1 aromatic heterocycles. The van der Waals surface area contributed by atoms with Crippen LogP contribution in [0, 0.1) is 6.92 Å². The van der Waals surface area contributed by atoms with Crippen molar-refractivity contribution in [3.63, 3.8) is 0 Å². The predicted molar refractivity (Wildman–Crippen MR) is 65.2 cm³/mol. The van der Waals surface area contributed by atoms with E-state index >= 15 is 0 Å². The van der Waals surface area contributed by atoms with Crippen molar-refractivity contribution in [2.24, 2.45) is 5.73 Å². The van der Waals surface area contributed by atoms with Gasteiger partial charge in [-0.3, -0.25) is 0 Å². The van der Waals surface area contributed by atoms with Gasteiger partial charge < -0.3 is 10.7 Å². The first-order chi connectivity index (χ1) is 7.19. The summed E-state index contributed by atoms with van der Waals surface area (Å²) < 4.78 is 0. The lowest BCUT2D eigenvalue weighted by Gasteiger charge is -2.03. The summed E-state index contributed by atoms with van der Waals surface area (Å²) in [5.41, 5.74) is 8.94. The van der Waals surface area contributed by atoms with Crippen LogP contribution in [0.15, 0.2) is 23.4 Å². The Labute approximate surface area is 93.5 Å². The molecule has 0 amide bonds. The topological polar surface area (TPSA) is 54.7 Å². The minimum Gasteiger partial charge on any atom is -0.333 e. The molecule has 1 heterocycles. The minimum absolute atomic E-state index is 0.395. The van der Waals surface area contributed by atoms with Crippen LogP contribution in [0.5, 0.6) is 0 Å². The van der Waals surface area contributed by atoms with E-state index in [1.807, 2.05) is 6.07 Å². The molecule has 0 spiro atoms. The fourth-order valence-electron chi connectivity index (χ4n) is 1.39. The van der Waals surface area contributed by atoms with E-state index in [2.05, 4.69) is 35.9 Å². The number of aromatic nitrogens is 2. The minimum atomic E-state index is 0.395. The molecule has 15 heavy (non-hydrogen) atoms. The summed E-state index contributed by atoms with van der Waals surface area (Å²) in [4.78, 5) is 7.79. The molecule has 0 saturated heterocycles. The van der Waals surface area contributed by atoms with Gasteiger partial charge in [-0.25, -0.2) is 4.98 Å². The summed E-state index contributed by atoms with van der Waals surface area (Å²) in [6.07, 6.45) is 0. The van der Waals surface area contributed by atoms with Crippen molar-refractivity contribution >= 4 is 22.8 Å². The van der Waals surface area contributed by atoms with Crippen LogP contribution in [0.1, 0.15) is 12.5 Å². The molecule has 2 aromatic rings. The Kier molecular flexibility index (Phi) is 2.98. The van der Waals surface area contributed by atoms with Gasteiger partial charge in [0.25, 0.3) is 0 Å². The molecule has 0 bridgehead atoms. The van der Waals surface area contributed by atoms with Crippen molar-refractivity contribution in [3.05, 3.63) is 23.8 Å². The standard InChI is InChI=1S/C11H15N3S/c1-7-3-4-9-10(5-7)14-11(13-9)15-8(2)6-12/h3-5,8H,6,12H2,1-2H3,(H,13,14). The first kappa shape index (κ1) is 10.5. The Balaban J connectivity index is 2.30. The van der Waals surface area contributed by atoms with Crippen LogP contribution in [0.2, 0.25) is 0 Å². The molecule has 0 fully saturated rings. The molecule has 0 radical (unpaired) electrons. The van der Waals surface area contributed by atoms with Crippen molar-refractivity contribution in [1.29, 1.82) is 0 Å². The van der Waals surface area contributed by atoms with Crippen LogP contribution in [-0.4, -0.2) is 21.8 Å². The molecule has 0 aliphatic rings. The van der Waals surface area contributed by atoms with Crippen molar-refractivity contribution in [2.75, 3.05) is 6.54 Å². The quantitative estimate of drug-likeness (QED) is 0.782. The maximum atomic E-state index is 5.58. The van der Waals surface area contributed by atoms with Gasteiger partial charge in [0.05, 0.1) is 11.0 Å². The molecule has 4 heteroatoms. The number of fused-ring (bicyclic) bond motifs is 1. The molecular formula is C11H15N3S. The normalized spacial score (nSPS) is 13.3. The average Bonchev–Trinajstić information content (AvgIpc) is 2.59. The summed E-state index contributed by atoms with van der Waals surface area (Å²) in [6, 6.07) is 6.22. The smallest absolute Gasteiger partial charge is 0.166 e. The zero-order valence-corrected chi connectivity index (χ0v) is 9.77. The number of thioether (sulfide) groups is 1. The molecule has 3 N–H and O–H groups in total. The molecule has 80 valence electrons. The molecule has 1 aromatic carbocycles. The van der Waals surface area contributed by atoms with Crippen LogP contribution in [0.4, 0.5) is 0 Å². The van der Waals surface area contributed by atoms with E-state index in [0.717, 1.165) is 16.2 Å². The fourth-order valence-corrected chi connectivity index (χ4v) is 2.19. The highest BCUT2D eigenvalue weighted by atomic mass is 32.2. The van der Waals surface area contributed by atoms with Crippen molar-refractivity contribution < 1.29 is 0 Å². The van der Waals surface area contributed by atoms with Crippen LogP contribution in [0.25, 0.3) is 11.0 Å². The lowest BCUT2D eigenvalue weighted by atomic mass is 10.2. The van der Waals surface area contributed by atoms with Crippen LogP contribution in [-0.2, 0) is 0 Å². The second kappa shape index (κ2) is 4.24. The number of rotatable bonds is 3. The third-order valence-electron chi connectivity index (χ3n) is 2.26. The molecular weight excluding hydrogens is 206 g/mol. The number of hydrogen-bond donors (Lipinski definition) is 2. The van der Waals surface area contributed by atoms with E-state index in [1.165, 1.54) is 5.56 Å². The zero-order chi connectivity index (χ0) is 10.8. The van der Waals surface area contributed by atoms with E-state index in [-0.39, 0.29) is 0 Å². The van der Waals surface area contributed by atoms with Gasteiger partial charge >= 0.3 is 0 Å². The van der Waals surface area contributed by atoms with Crippen LogP contribution in [0.3, 0.4) is 0 Å². The Morgan fingerprint density at radius 3 is 3.07 bits per heavy atom. The van der Waals surface area contributed by atoms with Gasteiger partial charge in [-0.2, -0.15) is 0 Å². The largest absolute Gasteiger partial charge is 0.333 e. The number of aryl methyl sites for hydroxylation is 1. The van der Waals surface area contributed by atoms with Crippen molar-refractivity contribution in [2.45, 2.75) is 24.3 Å². The molecule has 3 nitrogen and oxygen atoms in total. The molecule has 0 saturated carbocycles. The third kappa shape index (κ3) is 2.33. The lowest BCUT2D eigenvalue weighted by molar-refractivity contribution is 0.938. The summed E-state index contributed by atoms with van der Waals surface area (Å²) in [5, 5.41) is 1.35. The number of nitrogens with one attached hydrogen (secondary N) is 1. The number of imidazole rings is 1. The first-order valence-electron chi connectivity index (χ1n) is 5.02. The van der Waals surface area contributed by atoms with E-state index in [1.54, 1.807) is 11.8 Å². The van der Waals surface area contributed by atoms with Gasteiger partial charge in [0.1, 0.15) is 0 Å². The fraction of sp³-hybridized carbons (Fsp3) is 0.364. The highest BCUT2D eigenvalue weighted by Gasteiger charge is 2.07.